The van der Waals surface area contributed by atoms with Crippen LogP contribution in [0, 0.1) is 5.92 Å². The molecule has 0 aromatic carbocycles. The number of nitrogens with one attached hydrogen (secondary N) is 2. The Balaban J connectivity index is 1.62. The Kier molecular flexibility index (Phi) is 5.41. The average Bonchev–Trinajstić information content (AvgIpc) is 3.32. The van der Waals surface area contributed by atoms with Crippen molar-refractivity contribution in [3.8, 4) is 16.9 Å². The van der Waals surface area contributed by atoms with Crippen LogP contribution in [0.2, 0.25) is 0 Å². The summed E-state index contributed by atoms with van der Waals surface area (Å²) >= 11 is 0. The van der Waals surface area contributed by atoms with Gasteiger partial charge in [0.1, 0.15) is 0 Å². The van der Waals surface area contributed by atoms with Crippen LogP contribution in [0.25, 0.3) is 16.8 Å². The standard InChI is InChI=1S/C19H27N7O3S/c1-12(2)29-17-15(14-9-20-21-10-14)5-8-26-18(17)23-19(24-26)22-16-6-7-25(11-13(16)3)30(4,27)28/h5,8-10,12-13,16H,6-7,11H2,1-4H3,(H,20,21)(H,22,24). The van der Waals surface area contributed by atoms with E-state index in [2.05, 4.69) is 25.6 Å². The van der Waals surface area contributed by atoms with Crippen molar-refractivity contribution in [2.45, 2.75) is 39.3 Å². The highest BCUT2D eigenvalue weighted by atomic mass is 32.2. The van der Waals surface area contributed by atoms with E-state index in [1.165, 1.54) is 10.6 Å². The number of hydrogen-bond acceptors (Lipinski definition) is 7. The molecule has 3 aromatic rings. The molecule has 0 bridgehead atoms. The van der Waals surface area contributed by atoms with Gasteiger partial charge in [-0.2, -0.15) is 10.1 Å². The summed E-state index contributed by atoms with van der Waals surface area (Å²) in [5.41, 5.74) is 2.41. The molecule has 30 heavy (non-hydrogen) atoms. The Morgan fingerprint density at radius 1 is 1.37 bits per heavy atom. The second kappa shape index (κ2) is 7.88. The van der Waals surface area contributed by atoms with Crippen molar-refractivity contribution in [1.82, 2.24) is 29.1 Å². The Labute approximate surface area is 175 Å². The minimum absolute atomic E-state index is 0.0321. The first-order chi connectivity index (χ1) is 14.2. The van der Waals surface area contributed by atoms with Crippen LogP contribution in [-0.2, 0) is 10.0 Å². The first-order valence-corrected chi connectivity index (χ1v) is 11.8. The van der Waals surface area contributed by atoms with Gasteiger partial charge in [-0.3, -0.25) is 5.10 Å². The maximum Gasteiger partial charge on any atom is 0.243 e. The maximum atomic E-state index is 11.8. The van der Waals surface area contributed by atoms with Gasteiger partial charge in [0.05, 0.1) is 18.6 Å². The van der Waals surface area contributed by atoms with E-state index >= 15 is 0 Å². The van der Waals surface area contributed by atoms with Gasteiger partial charge in [-0.15, -0.1) is 5.10 Å². The lowest BCUT2D eigenvalue weighted by atomic mass is 9.95. The van der Waals surface area contributed by atoms with Crippen LogP contribution in [-0.4, -0.2) is 69.0 Å². The van der Waals surface area contributed by atoms with E-state index in [-0.39, 0.29) is 18.1 Å². The lowest BCUT2D eigenvalue weighted by Gasteiger charge is -2.35. The van der Waals surface area contributed by atoms with E-state index in [4.69, 9.17) is 4.74 Å². The molecule has 0 saturated carbocycles. The Bertz CT molecular complexity index is 1120. The third-order valence-electron chi connectivity index (χ3n) is 5.28. The number of piperidine rings is 1. The van der Waals surface area contributed by atoms with Crippen molar-refractivity contribution < 1.29 is 13.2 Å². The minimum atomic E-state index is -3.17. The quantitative estimate of drug-likeness (QED) is 0.610. The first-order valence-electron chi connectivity index (χ1n) is 9.99. The number of fused-ring (bicyclic) bond motifs is 1. The molecule has 11 heteroatoms. The van der Waals surface area contributed by atoms with Gasteiger partial charge in [-0.05, 0) is 32.3 Å². The summed E-state index contributed by atoms with van der Waals surface area (Å²) in [6.07, 6.45) is 7.32. The molecular formula is C19H27N7O3S. The first kappa shape index (κ1) is 20.6. The third kappa shape index (κ3) is 4.12. The third-order valence-corrected chi connectivity index (χ3v) is 6.55. The number of rotatable bonds is 6. The van der Waals surface area contributed by atoms with Gasteiger partial charge in [0.2, 0.25) is 16.0 Å². The van der Waals surface area contributed by atoms with Crippen molar-refractivity contribution in [3.63, 3.8) is 0 Å². The van der Waals surface area contributed by atoms with Crippen LogP contribution in [0.3, 0.4) is 0 Å². The number of pyridine rings is 1. The molecule has 10 nitrogen and oxygen atoms in total. The molecular weight excluding hydrogens is 406 g/mol. The Morgan fingerprint density at radius 2 is 2.17 bits per heavy atom. The van der Waals surface area contributed by atoms with E-state index < -0.39 is 10.0 Å². The molecule has 4 heterocycles. The summed E-state index contributed by atoms with van der Waals surface area (Å²) in [6, 6.07) is 2.02. The fraction of sp³-hybridized carbons (Fsp3) is 0.526. The van der Waals surface area contributed by atoms with Crippen LogP contribution in [0.5, 0.6) is 5.75 Å². The molecule has 4 rings (SSSR count). The van der Waals surface area contributed by atoms with Crippen molar-refractivity contribution >= 4 is 21.6 Å². The summed E-state index contributed by atoms with van der Waals surface area (Å²) in [4.78, 5) is 4.69. The molecule has 0 spiro atoms. The fourth-order valence-electron chi connectivity index (χ4n) is 3.75. The molecule has 1 aliphatic rings. The highest BCUT2D eigenvalue weighted by Crippen LogP contribution is 2.34. The van der Waals surface area contributed by atoms with Gasteiger partial charge in [0.15, 0.2) is 11.4 Å². The summed E-state index contributed by atoms with van der Waals surface area (Å²) in [5, 5.41) is 14.8. The SMILES string of the molecule is CC(C)Oc1c(-c2cn[nH]c2)ccn2nc(NC3CCN(S(C)(=O)=O)CC3C)nc12. The largest absolute Gasteiger partial charge is 0.486 e. The van der Waals surface area contributed by atoms with E-state index in [0.717, 1.165) is 11.1 Å². The van der Waals surface area contributed by atoms with E-state index in [9.17, 15) is 8.42 Å². The molecule has 2 unspecified atom stereocenters. The Hall–Kier alpha value is -2.66. The van der Waals surface area contributed by atoms with Crippen LogP contribution in [0.15, 0.2) is 24.7 Å². The van der Waals surface area contributed by atoms with Gasteiger partial charge >= 0.3 is 0 Å². The molecule has 1 saturated heterocycles. The summed E-state index contributed by atoms with van der Waals surface area (Å²) in [7, 11) is -3.17. The average molecular weight is 434 g/mol. The zero-order chi connectivity index (χ0) is 21.5. The fourth-order valence-corrected chi connectivity index (χ4v) is 4.69. The topological polar surface area (TPSA) is 118 Å². The van der Waals surface area contributed by atoms with E-state index in [1.54, 1.807) is 10.7 Å². The molecule has 2 atom stereocenters. The highest BCUT2D eigenvalue weighted by molar-refractivity contribution is 7.88. The summed E-state index contributed by atoms with van der Waals surface area (Å²) in [5.74, 6) is 1.28. The molecule has 0 aliphatic carbocycles. The molecule has 3 aromatic heterocycles. The van der Waals surface area contributed by atoms with Gasteiger partial charge in [0.25, 0.3) is 0 Å². The van der Waals surface area contributed by atoms with E-state index in [1.807, 2.05) is 39.2 Å². The maximum absolute atomic E-state index is 11.8. The number of ether oxygens (including phenoxy) is 1. The molecule has 0 amide bonds. The van der Waals surface area contributed by atoms with E-state index in [0.29, 0.717) is 36.9 Å². The van der Waals surface area contributed by atoms with Crippen molar-refractivity contribution in [2.24, 2.45) is 5.92 Å². The second-order valence-electron chi connectivity index (χ2n) is 8.05. The predicted octanol–water partition coefficient (Wildman–Crippen LogP) is 1.99. The van der Waals surface area contributed by atoms with Crippen LogP contribution in [0.4, 0.5) is 5.95 Å². The molecule has 0 radical (unpaired) electrons. The lowest BCUT2D eigenvalue weighted by molar-refractivity contribution is 0.245. The smallest absolute Gasteiger partial charge is 0.243 e. The number of nitrogens with zero attached hydrogens (tertiary/aromatic N) is 5. The van der Waals surface area contributed by atoms with Gasteiger partial charge in [0, 0.05) is 42.7 Å². The number of anilines is 1. The minimum Gasteiger partial charge on any atom is -0.486 e. The van der Waals surface area contributed by atoms with Crippen LogP contribution in [0.1, 0.15) is 27.2 Å². The molecule has 1 aliphatic heterocycles. The van der Waals surface area contributed by atoms with Gasteiger partial charge in [-0.1, -0.05) is 6.92 Å². The lowest BCUT2D eigenvalue weighted by Crippen LogP contribution is -2.47. The molecule has 162 valence electrons. The monoisotopic (exact) mass is 433 g/mol. The Morgan fingerprint density at radius 3 is 2.80 bits per heavy atom. The van der Waals surface area contributed by atoms with Gasteiger partial charge in [-0.25, -0.2) is 17.2 Å². The second-order valence-corrected chi connectivity index (χ2v) is 10.0. The normalized spacial score (nSPS) is 20.7. The van der Waals surface area contributed by atoms with Crippen LogP contribution >= 0.6 is 0 Å². The zero-order valence-corrected chi connectivity index (χ0v) is 18.3. The highest BCUT2D eigenvalue weighted by Gasteiger charge is 2.31. The number of hydrogen-bond donors (Lipinski definition) is 2. The number of H-pyrrole nitrogens is 1. The van der Waals surface area contributed by atoms with Gasteiger partial charge < -0.3 is 10.1 Å². The number of aromatic nitrogens is 5. The summed E-state index contributed by atoms with van der Waals surface area (Å²) < 4.78 is 33.0. The predicted molar refractivity (Wildman–Crippen MR) is 114 cm³/mol. The molecule has 2 N–H and O–H groups in total. The van der Waals surface area contributed by atoms with Crippen molar-refractivity contribution in [3.05, 3.63) is 24.7 Å². The van der Waals surface area contributed by atoms with Crippen molar-refractivity contribution in [1.29, 1.82) is 0 Å². The zero-order valence-electron chi connectivity index (χ0n) is 17.5. The van der Waals surface area contributed by atoms with Crippen molar-refractivity contribution in [2.75, 3.05) is 24.7 Å². The molecule has 1 fully saturated rings. The van der Waals surface area contributed by atoms with Crippen LogP contribution < -0.4 is 10.1 Å². The number of aromatic amines is 1. The number of sulfonamides is 1. The summed E-state index contributed by atoms with van der Waals surface area (Å²) in [6.45, 7) is 6.94.